The number of benzene rings is 2. The van der Waals surface area contributed by atoms with Gasteiger partial charge in [-0.05, 0) is 54.9 Å². The average molecular weight is 866 g/mol. The number of nitrogens with one attached hydrogen (secondary N) is 1. The molecule has 1 N–H and O–H groups in total. The molecule has 2 rings (SSSR count). The van der Waals surface area contributed by atoms with Gasteiger partial charge in [0.05, 0.1) is 129 Å². The van der Waals surface area contributed by atoms with E-state index in [1.54, 1.807) is 38.4 Å². The summed E-state index contributed by atoms with van der Waals surface area (Å²) >= 11 is 9.70. The van der Waals surface area contributed by atoms with Crippen LogP contribution in [0.3, 0.4) is 0 Å². The number of carbonyl (C=O) groups excluding carboxylic acids is 2. The van der Waals surface area contributed by atoms with Crippen molar-refractivity contribution in [2.75, 3.05) is 138 Å². The number of anilines is 1. The zero-order valence-corrected chi connectivity index (χ0v) is 35.0. The van der Waals surface area contributed by atoms with Gasteiger partial charge < -0.3 is 62.3 Å². The molecule has 0 aliphatic carbocycles. The van der Waals surface area contributed by atoms with Gasteiger partial charge in [-0.1, -0.05) is 23.7 Å². The van der Waals surface area contributed by atoms with Crippen molar-refractivity contribution in [3.63, 3.8) is 0 Å². The predicted molar refractivity (Wildman–Crippen MR) is 211 cm³/mol. The maximum absolute atomic E-state index is 13.4. The summed E-state index contributed by atoms with van der Waals surface area (Å²) in [5.74, 6) is 0.640. The second kappa shape index (κ2) is 29.5. The number of nitrogens with zero attached hydrogens (tertiary/aromatic N) is 1. The van der Waals surface area contributed by atoms with Crippen LogP contribution in [0, 0.1) is 0 Å². The van der Waals surface area contributed by atoms with Crippen molar-refractivity contribution in [3.05, 3.63) is 51.5 Å². The van der Waals surface area contributed by atoms with Crippen LogP contribution < -0.4 is 19.7 Å². The van der Waals surface area contributed by atoms with Gasteiger partial charge in [0.25, 0.3) is 5.91 Å². The third-order valence-electron chi connectivity index (χ3n) is 7.01. The lowest BCUT2D eigenvalue weighted by atomic mass is 10.1. The first kappa shape index (κ1) is 48.4. The van der Waals surface area contributed by atoms with Crippen molar-refractivity contribution in [3.8, 4) is 11.5 Å². The van der Waals surface area contributed by atoms with Gasteiger partial charge in [0.1, 0.15) is 23.7 Å². The van der Waals surface area contributed by atoms with Crippen LogP contribution in [0.1, 0.15) is 31.1 Å². The Balaban J connectivity index is 1.36. The number of alkyl carbamates (subject to hydrolysis) is 1. The van der Waals surface area contributed by atoms with E-state index in [0.717, 1.165) is 0 Å². The van der Waals surface area contributed by atoms with Crippen molar-refractivity contribution >= 4 is 45.2 Å². The zero-order valence-electron chi connectivity index (χ0n) is 32.7. The molecule has 2 aromatic carbocycles. The highest BCUT2D eigenvalue weighted by atomic mass is 79.9. The van der Waals surface area contributed by atoms with E-state index < -0.39 is 11.7 Å². The summed E-state index contributed by atoms with van der Waals surface area (Å²) < 4.78 is 61.0. The summed E-state index contributed by atoms with van der Waals surface area (Å²) in [6, 6.07) is 10.5. The van der Waals surface area contributed by atoms with Crippen molar-refractivity contribution in [1.29, 1.82) is 0 Å². The molecule has 0 aliphatic heterocycles. The van der Waals surface area contributed by atoms with Gasteiger partial charge >= 0.3 is 6.09 Å². The van der Waals surface area contributed by atoms with E-state index >= 15 is 0 Å². The van der Waals surface area contributed by atoms with Gasteiger partial charge in [-0.3, -0.25) is 4.79 Å². The van der Waals surface area contributed by atoms with Crippen LogP contribution in [0.15, 0.2) is 40.9 Å². The van der Waals surface area contributed by atoms with Crippen molar-refractivity contribution < 1.29 is 61.7 Å². The number of rotatable bonds is 31. The van der Waals surface area contributed by atoms with E-state index in [-0.39, 0.29) is 12.5 Å². The molecule has 2 amide bonds. The van der Waals surface area contributed by atoms with Crippen LogP contribution in [-0.4, -0.2) is 151 Å². The van der Waals surface area contributed by atoms with Gasteiger partial charge in [-0.15, -0.1) is 0 Å². The van der Waals surface area contributed by atoms with Crippen LogP contribution in [0.4, 0.5) is 10.5 Å². The SMILES string of the molecule is COc1ccccc1N(C)C(=O)c1cc(Br)c(Cl)cc1OCCOCCOCCOCCOCCOCCOCCOCCOCCNC(=O)OC(C)(C)C. The lowest BCUT2D eigenvalue weighted by molar-refractivity contribution is -0.0236. The van der Waals surface area contributed by atoms with Gasteiger partial charge in [0.2, 0.25) is 0 Å². The molecule has 0 spiro atoms. The Morgan fingerprint density at radius 3 is 1.56 bits per heavy atom. The molecule has 0 unspecified atom stereocenters. The largest absolute Gasteiger partial charge is 0.495 e. The first-order valence-electron chi connectivity index (χ1n) is 18.1. The number of para-hydroxylation sites is 2. The molecule has 0 saturated heterocycles. The summed E-state index contributed by atoms with van der Waals surface area (Å²) in [7, 11) is 3.23. The highest BCUT2D eigenvalue weighted by molar-refractivity contribution is 9.10. The summed E-state index contributed by atoms with van der Waals surface area (Å²) in [4.78, 5) is 26.4. The molecule has 2 aromatic rings. The average Bonchev–Trinajstić information content (AvgIpc) is 3.15. The quantitative estimate of drug-likeness (QED) is 0.0962. The third kappa shape index (κ3) is 22.5. The Morgan fingerprint density at radius 1 is 0.673 bits per heavy atom. The molecule has 0 saturated carbocycles. The maximum Gasteiger partial charge on any atom is 0.407 e. The second-order valence-electron chi connectivity index (χ2n) is 12.5. The number of ether oxygens (including phenoxy) is 11. The van der Waals surface area contributed by atoms with E-state index in [4.69, 9.17) is 63.7 Å². The minimum Gasteiger partial charge on any atom is -0.495 e. The van der Waals surface area contributed by atoms with Crippen LogP contribution in [0.2, 0.25) is 5.02 Å². The molecule has 0 aromatic heterocycles. The highest BCUT2D eigenvalue weighted by Crippen LogP contribution is 2.34. The van der Waals surface area contributed by atoms with Gasteiger partial charge in [0.15, 0.2) is 0 Å². The number of halogens is 2. The van der Waals surface area contributed by atoms with E-state index in [1.807, 2.05) is 32.9 Å². The standard InChI is InChI=1S/C38H58BrClN2O13/c1-38(2,3)55-37(44)41-10-11-46-12-13-47-14-15-48-16-17-49-18-19-50-20-21-51-22-23-52-24-25-53-26-27-54-35-29-32(40)31(39)28-30(35)36(43)42(4)33-8-6-7-9-34(33)45-5/h6-9,28-29H,10-27H2,1-5H3,(H,41,44). The Hall–Kier alpha value is -2.77. The first-order chi connectivity index (χ1) is 26.5. The Kier molecular flexibility index (Phi) is 25.9. The van der Waals surface area contributed by atoms with E-state index in [1.165, 1.54) is 4.90 Å². The molecule has 0 bridgehead atoms. The van der Waals surface area contributed by atoms with Crippen LogP contribution in [-0.2, 0) is 42.6 Å². The molecular weight excluding hydrogens is 808 g/mol. The summed E-state index contributed by atoms with van der Waals surface area (Å²) in [5, 5.41) is 3.05. The molecule has 0 atom stereocenters. The number of amides is 2. The molecule has 0 fully saturated rings. The third-order valence-corrected chi connectivity index (χ3v) is 8.21. The fourth-order valence-corrected chi connectivity index (χ4v) is 4.90. The molecular formula is C38H58BrClN2O13. The summed E-state index contributed by atoms with van der Waals surface area (Å²) in [5.41, 5.74) is 0.445. The van der Waals surface area contributed by atoms with Crippen LogP contribution in [0.25, 0.3) is 0 Å². The molecule has 55 heavy (non-hydrogen) atoms. The van der Waals surface area contributed by atoms with Crippen molar-refractivity contribution in [2.24, 2.45) is 0 Å². The van der Waals surface area contributed by atoms with Gasteiger partial charge in [0, 0.05) is 24.1 Å². The van der Waals surface area contributed by atoms with Crippen molar-refractivity contribution in [1.82, 2.24) is 5.32 Å². The van der Waals surface area contributed by atoms with E-state index in [9.17, 15) is 9.59 Å². The van der Waals surface area contributed by atoms with Gasteiger partial charge in [-0.2, -0.15) is 0 Å². The Bertz CT molecular complexity index is 1350. The minimum absolute atomic E-state index is 0.215. The Labute approximate surface area is 338 Å². The van der Waals surface area contributed by atoms with Crippen LogP contribution in [0.5, 0.6) is 11.5 Å². The number of carbonyl (C=O) groups is 2. The molecule has 15 nitrogen and oxygen atoms in total. The monoisotopic (exact) mass is 864 g/mol. The normalized spacial score (nSPS) is 11.4. The summed E-state index contributed by atoms with van der Waals surface area (Å²) in [6.45, 7) is 12.9. The maximum atomic E-state index is 13.4. The number of methoxy groups -OCH3 is 1. The minimum atomic E-state index is -0.521. The molecule has 312 valence electrons. The van der Waals surface area contributed by atoms with Gasteiger partial charge in [-0.25, -0.2) is 4.79 Å². The zero-order chi connectivity index (χ0) is 40.2. The smallest absolute Gasteiger partial charge is 0.407 e. The number of hydrogen-bond acceptors (Lipinski definition) is 13. The highest BCUT2D eigenvalue weighted by Gasteiger charge is 2.22. The first-order valence-corrected chi connectivity index (χ1v) is 19.3. The van der Waals surface area contributed by atoms with Crippen molar-refractivity contribution in [2.45, 2.75) is 26.4 Å². The molecule has 17 heteroatoms. The summed E-state index contributed by atoms with van der Waals surface area (Å²) in [6.07, 6.45) is -0.460. The Morgan fingerprint density at radius 2 is 1.11 bits per heavy atom. The lowest BCUT2D eigenvalue weighted by Crippen LogP contribution is -2.34. The lowest BCUT2D eigenvalue weighted by Gasteiger charge is -2.21. The van der Waals surface area contributed by atoms with E-state index in [0.29, 0.717) is 145 Å². The predicted octanol–water partition coefficient (Wildman–Crippen LogP) is 5.42. The van der Waals surface area contributed by atoms with Crippen LogP contribution >= 0.6 is 27.5 Å². The fourth-order valence-electron chi connectivity index (χ4n) is 4.40. The topological polar surface area (TPSA) is 151 Å². The molecule has 0 aliphatic rings. The molecule has 0 radical (unpaired) electrons. The second-order valence-corrected chi connectivity index (χ2v) is 13.7. The molecule has 0 heterocycles. The van der Waals surface area contributed by atoms with E-state index in [2.05, 4.69) is 21.2 Å². The fraction of sp³-hybridized carbons (Fsp3) is 0.632. The number of hydrogen-bond donors (Lipinski definition) is 1.